The summed E-state index contributed by atoms with van der Waals surface area (Å²) in [5.74, 6) is 0.249. The lowest BCUT2D eigenvalue weighted by Crippen LogP contribution is -2.47. The van der Waals surface area contributed by atoms with Crippen molar-refractivity contribution in [2.75, 3.05) is 32.0 Å². The van der Waals surface area contributed by atoms with E-state index in [1.165, 1.54) is 17.3 Å². The molecule has 1 aliphatic rings. The highest BCUT2D eigenvalue weighted by atomic mass is 32.2. The molecule has 31 heavy (non-hydrogen) atoms. The molecule has 1 aromatic heterocycles. The van der Waals surface area contributed by atoms with Crippen molar-refractivity contribution in [2.45, 2.75) is 24.7 Å². The van der Waals surface area contributed by atoms with E-state index in [4.69, 9.17) is 4.74 Å². The smallest absolute Gasteiger partial charge is 0.230 e. The lowest BCUT2D eigenvalue weighted by atomic mass is 10.2. The second-order valence-electron chi connectivity index (χ2n) is 7.58. The van der Waals surface area contributed by atoms with E-state index in [9.17, 15) is 4.79 Å². The fraction of sp³-hybridized carbons (Fsp3) is 0.348. The van der Waals surface area contributed by atoms with Crippen molar-refractivity contribution >= 4 is 17.7 Å². The molecule has 162 valence electrons. The molecule has 1 aliphatic heterocycles. The molecule has 7 nitrogen and oxygen atoms in total. The molecule has 0 aliphatic carbocycles. The minimum Gasteiger partial charge on any atom is -0.374 e. The highest BCUT2D eigenvalue weighted by Crippen LogP contribution is 2.21. The molecule has 2 aromatic carbocycles. The molecule has 1 unspecified atom stereocenters. The van der Waals surface area contributed by atoms with E-state index >= 15 is 0 Å². The Bertz CT molecular complexity index is 994. The number of nitrogens with zero attached hydrogens (tertiary/aromatic N) is 4. The van der Waals surface area contributed by atoms with Crippen LogP contribution < -0.4 is 5.32 Å². The van der Waals surface area contributed by atoms with Gasteiger partial charge in [0.15, 0.2) is 5.16 Å². The monoisotopic (exact) mass is 437 g/mol. The van der Waals surface area contributed by atoms with E-state index in [1.807, 2.05) is 41.8 Å². The topological polar surface area (TPSA) is 72.3 Å². The van der Waals surface area contributed by atoms with Crippen LogP contribution in [0.3, 0.4) is 0 Å². The zero-order chi connectivity index (χ0) is 21.5. The molecular weight excluding hydrogens is 410 g/mol. The van der Waals surface area contributed by atoms with Gasteiger partial charge < -0.3 is 10.1 Å². The third-order valence-corrected chi connectivity index (χ3v) is 6.17. The number of carbonyl (C=O) groups is 1. The average Bonchev–Trinajstić information content (AvgIpc) is 3.26. The average molecular weight is 438 g/mol. The van der Waals surface area contributed by atoms with Gasteiger partial charge in [0.25, 0.3) is 0 Å². The van der Waals surface area contributed by atoms with E-state index in [2.05, 4.69) is 44.7 Å². The summed E-state index contributed by atoms with van der Waals surface area (Å²) in [5, 5.41) is 11.9. The predicted molar refractivity (Wildman–Crippen MR) is 121 cm³/mol. The Labute approximate surface area is 186 Å². The van der Waals surface area contributed by atoms with Gasteiger partial charge in [-0.1, -0.05) is 60.3 Å². The van der Waals surface area contributed by atoms with Crippen LogP contribution in [0.5, 0.6) is 0 Å². The Morgan fingerprint density at radius 3 is 2.84 bits per heavy atom. The molecule has 1 saturated heterocycles. The van der Waals surface area contributed by atoms with Crippen molar-refractivity contribution in [1.29, 1.82) is 0 Å². The number of amides is 1. The van der Waals surface area contributed by atoms with Gasteiger partial charge in [-0.05, 0) is 24.1 Å². The fourth-order valence-electron chi connectivity index (χ4n) is 3.62. The van der Waals surface area contributed by atoms with E-state index in [0.717, 1.165) is 30.9 Å². The molecule has 0 spiro atoms. The van der Waals surface area contributed by atoms with Crippen LogP contribution in [0.4, 0.5) is 0 Å². The van der Waals surface area contributed by atoms with Gasteiger partial charge in [-0.2, -0.15) is 0 Å². The van der Waals surface area contributed by atoms with Crippen molar-refractivity contribution in [3.8, 4) is 5.69 Å². The minimum absolute atomic E-state index is 0.00188. The molecule has 0 saturated carbocycles. The summed E-state index contributed by atoms with van der Waals surface area (Å²) in [6.45, 7) is 5.85. The summed E-state index contributed by atoms with van der Waals surface area (Å²) in [7, 11) is 0. The maximum absolute atomic E-state index is 12.4. The maximum Gasteiger partial charge on any atom is 0.230 e. The Hall–Kier alpha value is -2.68. The van der Waals surface area contributed by atoms with Gasteiger partial charge in [0.2, 0.25) is 5.91 Å². The number of rotatable bonds is 8. The Morgan fingerprint density at radius 2 is 2.00 bits per heavy atom. The van der Waals surface area contributed by atoms with Gasteiger partial charge in [0.05, 0.1) is 24.2 Å². The zero-order valence-electron chi connectivity index (χ0n) is 17.6. The van der Waals surface area contributed by atoms with Gasteiger partial charge in [-0.3, -0.25) is 14.3 Å². The van der Waals surface area contributed by atoms with E-state index in [-0.39, 0.29) is 17.8 Å². The highest BCUT2D eigenvalue weighted by molar-refractivity contribution is 7.99. The molecule has 1 N–H and O–H groups in total. The lowest BCUT2D eigenvalue weighted by molar-refractivity contribution is -0.119. The molecule has 1 fully saturated rings. The largest absolute Gasteiger partial charge is 0.374 e. The first-order valence-corrected chi connectivity index (χ1v) is 11.4. The molecule has 2 heterocycles. The quantitative estimate of drug-likeness (QED) is 0.547. The number of benzene rings is 2. The second-order valence-corrected chi connectivity index (χ2v) is 8.52. The molecule has 1 atom stereocenters. The fourth-order valence-corrected chi connectivity index (χ4v) is 4.37. The summed E-state index contributed by atoms with van der Waals surface area (Å²) in [6.07, 6.45) is 1.68. The van der Waals surface area contributed by atoms with Crippen molar-refractivity contribution in [3.05, 3.63) is 72.1 Å². The van der Waals surface area contributed by atoms with Crippen LogP contribution in [0, 0.1) is 6.92 Å². The van der Waals surface area contributed by atoms with Crippen molar-refractivity contribution in [1.82, 2.24) is 25.0 Å². The second kappa shape index (κ2) is 10.6. The number of nitrogens with one attached hydrogen (secondary N) is 1. The van der Waals surface area contributed by atoms with Crippen LogP contribution in [0.1, 0.15) is 11.1 Å². The van der Waals surface area contributed by atoms with E-state index < -0.39 is 0 Å². The van der Waals surface area contributed by atoms with Crippen LogP contribution in [0.25, 0.3) is 5.69 Å². The summed E-state index contributed by atoms with van der Waals surface area (Å²) < 4.78 is 7.76. The highest BCUT2D eigenvalue weighted by Gasteiger charge is 2.21. The van der Waals surface area contributed by atoms with Gasteiger partial charge in [-0.15, -0.1) is 10.2 Å². The molecule has 0 bridgehead atoms. The number of para-hydroxylation sites is 1. The van der Waals surface area contributed by atoms with Gasteiger partial charge >= 0.3 is 0 Å². The standard InChI is InChI=1S/C23H27N5O2S/c1-18-7-5-6-10-21(18)28-17-25-26-23(28)31-16-22(29)24-13-20-15-27(11-12-30-20)14-19-8-3-2-4-9-19/h2-10,17,20H,11-16H2,1H3,(H,24,29). The molecule has 1 amide bonds. The van der Waals surface area contributed by atoms with Gasteiger partial charge in [0.1, 0.15) is 6.33 Å². The Morgan fingerprint density at radius 1 is 1.19 bits per heavy atom. The lowest BCUT2D eigenvalue weighted by Gasteiger charge is -2.33. The maximum atomic E-state index is 12.4. The van der Waals surface area contributed by atoms with Crippen LogP contribution in [0.2, 0.25) is 0 Å². The number of hydrogen-bond acceptors (Lipinski definition) is 6. The number of aryl methyl sites for hydroxylation is 1. The third-order valence-electron chi connectivity index (χ3n) is 5.22. The molecule has 8 heteroatoms. The Kier molecular flexibility index (Phi) is 7.35. The number of ether oxygens (including phenoxy) is 1. The number of thioether (sulfide) groups is 1. The van der Waals surface area contributed by atoms with Crippen molar-refractivity contribution in [2.24, 2.45) is 0 Å². The van der Waals surface area contributed by atoms with E-state index in [0.29, 0.717) is 18.3 Å². The number of hydrogen-bond donors (Lipinski definition) is 1. The normalized spacial score (nSPS) is 16.9. The summed E-state index contributed by atoms with van der Waals surface area (Å²) in [5.41, 5.74) is 3.44. The van der Waals surface area contributed by atoms with Crippen LogP contribution in [-0.2, 0) is 16.1 Å². The SMILES string of the molecule is Cc1ccccc1-n1cnnc1SCC(=O)NCC1CN(Cc2ccccc2)CCO1. The number of aromatic nitrogens is 3. The number of morpholine rings is 1. The van der Waals surface area contributed by atoms with Crippen LogP contribution in [-0.4, -0.2) is 63.7 Å². The zero-order valence-corrected chi connectivity index (χ0v) is 18.4. The van der Waals surface area contributed by atoms with Crippen molar-refractivity contribution in [3.63, 3.8) is 0 Å². The third kappa shape index (κ3) is 5.94. The molecule has 0 radical (unpaired) electrons. The van der Waals surface area contributed by atoms with Gasteiger partial charge in [0, 0.05) is 26.2 Å². The predicted octanol–water partition coefficient (Wildman–Crippen LogP) is 2.69. The van der Waals surface area contributed by atoms with E-state index in [1.54, 1.807) is 6.33 Å². The first-order chi connectivity index (χ1) is 15.2. The molecule has 4 rings (SSSR count). The Balaban J connectivity index is 1.24. The van der Waals surface area contributed by atoms with Crippen molar-refractivity contribution < 1.29 is 9.53 Å². The molecule has 3 aromatic rings. The van der Waals surface area contributed by atoms with Crippen LogP contribution in [0.15, 0.2) is 66.1 Å². The molecular formula is C23H27N5O2S. The first kappa shape index (κ1) is 21.5. The first-order valence-electron chi connectivity index (χ1n) is 10.4. The summed E-state index contributed by atoms with van der Waals surface area (Å²) in [4.78, 5) is 14.8. The minimum atomic E-state index is -0.0342. The van der Waals surface area contributed by atoms with Gasteiger partial charge in [-0.25, -0.2) is 0 Å². The number of carbonyl (C=O) groups excluding carboxylic acids is 1. The van der Waals surface area contributed by atoms with Crippen LogP contribution >= 0.6 is 11.8 Å². The summed E-state index contributed by atoms with van der Waals surface area (Å²) in [6, 6.07) is 18.5. The summed E-state index contributed by atoms with van der Waals surface area (Å²) >= 11 is 1.38.